The molecule has 1 amide bonds. The van der Waals surface area contributed by atoms with Crippen LogP contribution in [0, 0.1) is 17.0 Å². The van der Waals surface area contributed by atoms with E-state index < -0.39 is 23.4 Å². The molecule has 0 saturated heterocycles. The molecule has 2 aromatic rings. The van der Waals surface area contributed by atoms with E-state index in [9.17, 15) is 19.7 Å². The van der Waals surface area contributed by atoms with Gasteiger partial charge in [0.1, 0.15) is 18.3 Å². The molecule has 0 unspecified atom stereocenters. The average molecular weight is 386 g/mol. The van der Waals surface area contributed by atoms with E-state index in [0.29, 0.717) is 17.1 Å². The number of nitro benzene ring substituents is 1. The average Bonchev–Trinajstić information content (AvgIpc) is 2.69. The van der Waals surface area contributed by atoms with Crippen molar-refractivity contribution in [3.63, 3.8) is 0 Å². The molecule has 1 heterocycles. The van der Waals surface area contributed by atoms with Gasteiger partial charge >= 0.3 is 5.97 Å². The summed E-state index contributed by atoms with van der Waals surface area (Å²) in [6, 6.07) is 11.5. The Bertz CT molecular complexity index is 913. The summed E-state index contributed by atoms with van der Waals surface area (Å²) in [5.74, 6) is -0.257. The summed E-state index contributed by atoms with van der Waals surface area (Å²) in [5.41, 5.74) is -0.198. The maximum Gasteiger partial charge on any atom is 0.345 e. The summed E-state index contributed by atoms with van der Waals surface area (Å²) in [4.78, 5) is 34.5. The van der Waals surface area contributed by atoms with E-state index in [0.717, 1.165) is 0 Å². The van der Waals surface area contributed by atoms with Crippen molar-refractivity contribution in [3.05, 3.63) is 63.7 Å². The molecule has 0 fully saturated rings. The van der Waals surface area contributed by atoms with Crippen LogP contribution in [0.3, 0.4) is 0 Å². The summed E-state index contributed by atoms with van der Waals surface area (Å²) in [6.45, 7) is 1.39. The van der Waals surface area contributed by atoms with E-state index in [1.807, 2.05) is 12.1 Å². The monoisotopic (exact) mass is 386 g/mol. The summed E-state index contributed by atoms with van der Waals surface area (Å²) in [7, 11) is 0. The molecule has 9 heteroatoms. The fraction of sp³-hybridized carbons (Fsp3) is 0.263. The first kappa shape index (κ1) is 19.2. The molecule has 0 bridgehead atoms. The van der Waals surface area contributed by atoms with Crippen molar-refractivity contribution < 1.29 is 28.7 Å². The minimum atomic E-state index is -0.934. The number of amides is 1. The van der Waals surface area contributed by atoms with E-state index in [1.165, 1.54) is 25.1 Å². The van der Waals surface area contributed by atoms with Crippen LogP contribution >= 0.6 is 0 Å². The molecule has 0 radical (unpaired) electrons. The lowest BCUT2D eigenvalue weighted by molar-refractivity contribution is -0.385. The van der Waals surface area contributed by atoms with Crippen molar-refractivity contribution in [2.75, 3.05) is 19.8 Å². The van der Waals surface area contributed by atoms with Crippen LogP contribution in [0.5, 0.6) is 11.5 Å². The molecule has 1 aliphatic rings. The fourth-order valence-corrected chi connectivity index (χ4v) is 2.72. The Morgan fingerprint density at radius 1 is 1.21 bits per heavy atom. The molecule has 0 spiro atoms. The van der Waals surface area contributed by atoms with E-state index in [4.69, 9.17) is 14.2 Å². The number of carbonyl (C=O) groups excluding carboxylic acids is 2. The number of carbonyl (C=O) groups is 2. The zero-order valence-electron chi connectivity index (χ0n) is 15.0. The first-order valence-electron chi connectivity index (χ1n) is 8.52. The Balaban J connectivity index is 1.49. The van der Waals surface area contributed by atoms with Crippen LogP contribution in [0.1, 0.15) is 15.9 Å². The van der Waals surface area contributed by atoms with Gasteiger partial charge in [-0.2, -0.15) is 0 Å². The number of para-hydroxylation sites is 3. The Labute approximate surface area is 160 Å². The number of ether oxygens (including phenoxy) is 3. The van der Waals surface area contributed by atoms with Crippen molar-refractivity contribution in [3.8, 4) is 11.5 Å². The molecule has 28 heavy (non-hydrogen) atoms. The highest BCUT2D eigenvalue weighted by molar-refractivity contribution is 5.95. The van der Waals surface area contributed by atoms with Crippen molar-refractivity contribution in [1.82, 2.24) is 5.32 Å². The number of hydrogen-bond acceptors (Lipinski definition) is 7. The number of aryl methyl sites for hydroxylation is 1. The number of nitro groups is 1. The van der Waals surface area contributed by atoms with Crippen LogP contribution in [-0.2, 0) is 9.53 Å². The van der Waals surface area contributed by atoms with Crippen LogP contribution in [0.2, 0.25) is 0 Å². The largest absolute Gasteiger partial charge is 0.486 e. The molecule has 1 N–H and O–H groups in total. The zero-order valence-corrected chi connectivity index (χ0v) is 15.0. The van der Waals surface area contributed by atoms with Crippen LogP contribution in [0.25, 0.3) is 0 Å². The highest BCUT2D eigenvalue weighted by Gasteiger charge is 2.25. The quantitative estimate of drug-likeness (QED) is 0.458. The predicted octanol–water partition coefficient (Wildman–Crippen LogP) is 2.02. The number of fused-ring (bicyclic) bond motifs is 1. The van der Waals surface area contributed by atoms with Crippen molar-refractivity contribution in [2.45, 2.75) is 13.0 Å². The zero-order chi connectivity index (χ0) is 20.1. The molecule has 146 valence electrons. The first-order valence-corrected chi connectivity index (χ1v) is 8.52. The third-order valence-corrected chi connectivity index (χ3v) is 4.07. The van der Waals surface area contributed by atoms with Crippen LogP contribution < -0.4 is 14.8 Å². The van der Waals surface area contributed by atoms with Gasteiger partial charge < -0.3 is 19.5 Å². The third kappa shape index (κ3) is 4.37. The molecule has 2 aromatic carbocycles. The number of esters is 1. The second kappa shape index (κ2) is 8.38. The Hall–Kier alpha value is -3.62. The van der Waals surface area contributed by atoms with Gasteiger partial charge in [-0.1, -0.05) is 24.3 Å². The highest BCUT2D eigenvalue weighted by Crippen LogP contribution is 2.30. The Morgan fingerprint density at radius 3 is 2.71 bits per heavy atom. The van der Waals surface area contributed by atoms with Gasteiger partial charge in [-0.3, -0.25) is 14.9 Å². The lowest BCUT2D eigenvalue weighted by atomic mass is 10.1. The molecular formula is C19H18N2O7. The van der Waals surface area contributed by atoms with Gasteiger partial charge in [0.05, 0.1) is 11.5 Å². The second-order valence-corrected chi connectivity index (χ2v) is 6.11. The molecule has 0 saturated carbocycles. The molecule has 3 rings (SSSR count). The van der Waals surface area contributed by atoms with E-state index in [-0.39, 0.29) is 30.5 Å². The molecule has 0 aromatic heterocycles. The van der Waals surface area contributed by atoms with Crippen LogP contribution in [0.15, 0.2) is 42.5 Å². The van der Waals surface area contributed by atoms with E-state index >= 15 is 0 Å². The summed E-state index contributed by atoms with van der Waals surface area (Å²) in [5, 5.41) is 13.7. The SMILES string of the molecule is Cc1cccc(C(=O)OCC(=O)NC[C@@H]2COc3ccccc3O2)c1[N+](=O)[O-]. The minimum absolute atomic E-state index is 0.162. The molecule has 1 aliphatic heterocycles. The normalized spacial score (nSPS) is 14.8. The Morgan fingerprint density at radius 2 is 1.96 bits per heavy atom. The molecule has 9 nitrogen and oxygen atoms in total. The molecular weight excluding hydrogens is 368 g/mol. The highest BCUT2D eigenvalue weighted by atomic mass is 16.6. The maximum absolute atomic E-state index is 12.1. The smallest absolute Gasteiger partial charge is 0.345 e. The summed E-state index contributed by atoms with van der Waals surface area (Å²) < 4.78 is 16.2. The predicted molar refractivity (Wildman–Crippen MR) is 97.5 cm³/mol. The van der Waals surface area contributed by atoms with E-state index in [1.54, 1.807) is 12.1 Å². The summed E-state index contributed by atoms with van der Waals surface area (Å²) >= 11 is 0. The first-order chi connectivity index (χ1) is 13.5. The standard InChI is InChI=1S/C19H18N2O7/c1-12-5-4-6-14(18(12)21(24)25)19(23)27-11-17(22)20-9-13-10-26-15-7-2-3-8-16(15)28-13/h2-8,13H,9-11H2,1H3,(H,20,22)/t13-/m1/s1. The lowest BCUT2D eigenvalue weighted by Gasteiger charge is -2.26. The van der Waals surface area contributed by atoms with Crippen molar-refractivity contribution in [2.24, 2.45) is 0 Å². The summed E-state index contributed by atoms with van der Waals surface area (Å²) in [6.07, 6.45) is -0.382. The lowest BCUT2D eigenvalue weighted by Crippen LogP contribution is -2.42. The number of nitrogens with zero attached hydrogens (tertiary/aromatic N) is 1. The van der Waals surface area contributed by atoms with Crippen molar-refractivity contribution >= 4 is 17.6 Å². The number of hydrogen-bond donors (Lipinski definition) is 1. The second-order valence-electron chi connectivity index (χ2n) is 6.11. The topological polar surface area (TPSA) is 117 Å². The van der Waals surface area contributed by atoms with Gasteiger partial charge in [-0.25, -0.2) is 4.79 Å². The minimum Gasteiger partial charge on any atom is -0.486 e. The third-order valence-electron chi connectivity index (χ3n) is 4.07. The van der Waals surface area contributed by atoms with Gasteiger partial charge in [-0.15, -0.1) is 0 Å². The van der Waals surface area contributed by atoms with Gasteiger partial charge in [0.2, 0.25) is 0 Å². The number of benzene rings is 2. The van der Waals surface area contributed by atoms with E-state index in [2.05, 4.69) is 5.32 Å². The Kier molecular flexibility index (Phi) is 5.73. The maximum atomic E-state index is 12.1. The van der Waals surface area contributed by atoms with Crippen LogP contribution in [-0.4, -0.2) is 42.7 Å². The number of nitrogens with one attached hydrogen (secondary N) is 1. The van der Waals surface area contributed by atoms with Gasteiger partial charge in [0.25, 0.3) is 11.6 Å². The fourth-order valence-electron chi connectivity index (χ4n) is 2.72. The van der Waals surface area contributed by atoms with Gasteiger partial charge in [0.15, 0.2) is 18.1 Å². The van der Waals surface area contributed by atoms with Gasteiger partial charge in [-0.05, 0) is 25.1 Å². The molecule has 0 aliphatic carbocycles. The number of rotatable bonds is 6. The molecule has 1 atom stereocenters. The van der Waals surface area contributed by atoms with Crippen molar-refractivity contribution in [1.29, 1.82) is 0 Å². The van der Waals surface area contributed by atoms with Gasteiger partial charge in [0, 0.05) is 5.56 Å². The van der Waals surface area contributed by atoms with Crippen LogP contribution in [0.4, 0.5) is 5.69 Å².